The van der Waals surface area contributed by atoms with E-state index in [1.54, 1.807) is 0 Å². The van der Waals surface area contributed by atoms with Crippen LogP contribution in [0.3, 0.4) is 0 Å². The lowest BCUT2D eigenvalue weighted by Crippen LogP contribution is -1.96. The third-order valence-corrected chi connectivity index (χ3v) is 4.81. The summed E-state index contributed by atoms with van der Waals surface area (Å²) in [5.74, 6) is 3.24. The molecule has 2 N–H and O–H groups in total. The van der Waals surface area contributed by atoms with Crippen LogP contribution in [0.4, 0.5) is 0 Å². The van der Waals surface area contributed by atoms with Gasteiger partial charge in [-0.1, -0.05) is 0 Å². The Morgan fingerprint density at radius 1 is 1.40 bits per heavy atom. The van der Waals surface area contributed by atoms with Crippen molar-refractivity contribution in [3.63, 3.8) is 0 Å². The van der Waals surface area contributed by atoms with Crippen LogP contribution in [0.1, 0.15) is 10.4 Å². The van der Waals surface area contributed by atoms with Gasteiger partial charge in [0.25, 0.3) is 0 Å². The maximum Gasteiger partial charge on any atom is 0.213 e. The number of thiophene rings is 1. The Kier molecular flexibility index (Phi) is 2.42. The minimum atomic E-state index is 0.519. The molecule has 0 bridgehead atoms. The van der Waals surface area contributed by atoms with Crippen molar-refractivity contribution in [2.45, 2.75) is 12.2 Å². The normalized spacial score (nSPS) is 15.2. The van der Waals surface area contributed by atoms with Gasteiger partial charge < -0.3 is 0 Å². The van der Waals surface area contributed by atoms with Gasteiger partial charge in [0.05, 0.1) is 4.88 Å². The topological polar surface area (TPSA) is 44.5 Å². The number of hydrogen-bond donors (Lipinski definition) is 2. The van der Waals surface area contributed by atoms with Gasteiger partial charge in [0.2, 0.25) is 4.77 Å². The van der Waals surface area contributed by atoms with Gasteiger partial charge in [-0.05, 0) is 36.0 Å². The fourth-order valence-electron chi connectivity index (χ4n) is 1.65. The number of nitrogens with zero attached hydrogens (tertiary/aromatic N) is 1. The molecule has 0 spiro atoms. The van der Waals surface area contributed by atoms with Crippen molar-refractivity contribution in [1.82, 2.24) is 15.2 Å². The SMILES string of the molecule is S=c1nc(-c2cc3c(s2)CCSC3)[nH][nH]1. The van der Waals surface area contributed by atoms with Gasteiger partial charge in [0, 0.05) is 10.6 Å². The fraction of sp³-hybridized carbons (Fsp3) is 0.333. The van der Waals surface area contributed by atoms with Crippen molar-refractivity contribution in [2.75, 3.05) is 5.75 Å². The average Bonchev–Trinajstić information content (AvgIpc) is 2.82. The first-order chi connectivity index (χ1) is 7.33. The van der Waals surface area contributed by atoms with Crippen LogP contribution < -0.4 is 0 Å². The number of aryl methyl sites for hydroxylation is 1. The highest BCUT2D eigenvalue weighted by Crippen LogP contribution is 2.35. The first-order valence-electron chi connectivity index (χ1n) is 4.67. The van der Waals surface area contributed by atoms with E-state index in [9.17, 15) is 0 Å². The molecule has 3 heterocycles. The molecule has 15 heavy (non-hydrogen) atoms. The Bertz CT molecular complexity index is 513. The van der Waals surface area contributed by atoms with E-state index in [0.29, 0.717) is 4.77 Å². The minimum absolute atomic E-state index is 0.519. The van der Waals surface area contributed by atoms with Gasteiger partial charge in [0.15, 0.2) is 5.82 Å². The summed E-state index contributed by atoms with van der Waals surface area (Å²) in [6, 6.07) is 2.23. The standard InChI is InChI=1S/C9H9N3S3/c13-9-10-8(11-12-9)7-3-5-4-14-2-1-6(5)15-7/h3H,1-2,4H2,(H2,10,11,12,13). The molecule has 0 amide bonds. The van der Waals surface area contributed by atoms with E-state index >= 15 is 0 Å². The zero-order valence-corrected chi connectivity index (χ0v) is 10.3. The summed E-state index contributed by atoms with van der Waals surface area (Å²) in [6.07, 6.45) is 1.19. The second kappa shape index (κ2) is 3.77. The van der Waals surface area contributed by atoms with E-state index in [0.717, 1.165) is 11.6 Å². The van der Waals surface area contributed by atoms with Crippen LogP contribution in [0, 0.1) is 4.77 Å². The Labute approximate surface area is 100 Å². The van der Waals surface area contributed by atoms with Crippen molar-refractivity contribution in [2.24, 2.45) is 0 Å². The molecule has 3 nitrogen and oxygen atoms in total. The number of thioether (sulfide) groups is 1. The number of rotatable bonds is 1. The van der Waals surface area contributed by atoms with Crippen LogP contribution in [0.5, 0.6) is 0 Å². The van der Waals surface area contributed by atoms with E-state index in [1.807, 2.05) is 23.1 Å². The first kappa shape index (κ1) is 9.62. The maximum absolute atomic E-state index is 4.94. The summed E-state index contributed by atoms with van der Waals surface area (Å²) in [5.41, 5.74) is 1.47. The van der Waals surface area contributed by atoms with Crippen LogP contribution in [-0.2, 0) is 12.2 Å². The predicted octanol–water partition coefficient (Wildman–Crippen LogP) is 2.99. The van der Waals surface area contributed by atoms with Crippen molar-refractivity contribution >= 4 is 35.3 Å². The molecular formula is C9H9N3S3. The molecule has 0 fully saturated rings. The zero-order valence-electron chi connectivity index (χ0n) is 7.87. The van der Waals surface area contributed by atoms with Gasteiger partial charge in [-0.2, -0.15) is 16.7 Å². The van der Waals surface area contributed by atoms with Crippen LogP contribution in [0.2, 0.25) is 0 Å². The number of H-pyrrole nitrogens is 2. The van der Waals surface area contributed by atoms with Crippen LogP contribution in [0.25, 0.3) is 10.7 Å². The molecule has 0 aromatic carbocycles. The van der Waals surface area contributed by atoms with Gasteiger partial charge in [0.1, 0.15) is 0 Å². The van der Waals surface area contributed by atoms with E-state index in [-0.39, 0.29) is 0 Å². The number of nitrogens with one attached hydrogen (secondary N) is 2. The second-order valence-corrected chi connectivity index (χ2v) is 6.01. The molecule has 6 heteroatoms. The molecule has 0 aliphatic carbocycles. The molecule has 0 atom stereocenters. The first-order valence-corrected chi connectivity index (χ1v) is 7.05. The summed E-state index contributed by atoms with van der Waals surface area (Å²) in [7, 11) is 0. The molecule has 3 rings (SSSR count). The second-order valence-electron chi connectivity index (χ2n) is 3.38. The molecular weight excluding hydrogens is 246 g/mol. The molecule has 1 aliphatic rings. The molecule has 2 aromatic rings. The number of fused-ring (bicyclic) bond motifs is 1. The van der Waals surface area contributed by atoms with Crippen LogP contribution in [0.15, 0.2) is 6.07 Å². The molecule has 2 aromatic heterocycles. The Balaban J connectivity index is 2.06. The van der Waals surface area contributed by atoms with E-state index in [1.165, 1.54) is 27.5 Å². The lowest BCUT2D eigenvalue weighted by molar-refractivity contribution is 1.08. The fourth-order valence-corrected chi connectivity index (χ4v) is 4.11. The van der Waals surface area contributed by atoms with Gasteiger partial charge in [-0.15, -0.1) is 11.3 Å². The Morgan fingerprint density at radius 3 is 3.07 bits per heavy atom. The van der Waals surface area contributed by atoms with Gasteiger partial charge in [-0.3, -0.25) is 10.2 Å². The van der Waals surface area contributed by atoms with E-state index in [2.05, 4.69) is 21.2 Å². The summed E-state index contributed by atoms with van der Waals surface area (Å²) < 4.78 is 0.519. The predicted molar refractivity (Wildman–Crippen MR) is 67.0 cm³/mol. The number of hydrogen-bond acceptors (Lipinski definition) is 4. The number of aromatic nitrogens is 3. The summed E-state index contributed by atoms with van der Waals surface area (Å²) >= 11 is 8.77. The van der Waals surface area contributed by atoms with Crippen molar-refractivity contribution in [3.05, 3.63) is 21.3 Å². The largest absolute Gasteiger partial charge is 0.281 e. The molecule has 78 valence electrons. The summed E-state index contributed by atoms with van der Waals surface area (Å²) in [5, 5.41) is 5.82. The third kappa shape index (κ3) is 1.77. The van der Waals surface area contributed by atoms with Gasteiger partial charge in [-0.25, -0.2) is 0 Å². The van der Waals surface area contributed by atoms with E-state index < -0.39 is 0 Å². The lowest BCUT2D eigenvalue weighted by atomic mass is 10.2. The summed E-state index contributed by atoms with van der Waals surface area (Å²) in [6.45, 7) is 0. The molecule has 0 unspecified atom stereocenters. The smallest absolute Gasteiger partial charge is 0.213 e. The van der Waals surface area contributed by atoms with Crippen molar-refractivity contribution < 1.29 is 0 Å². The highest BCUT2D eigenvalue weighted by Gasteiger charge is 2.15. The molecule has 0 saturated carbocycles. The lowest BCUT2D eigenvalue weighted by Gasteiger charge is -2.08. The Morgan fingerprint density at radius 2 is 2.33 bits per heavy atom. The van der Waals surface area contributed by atoms with Crippen LogP contribution in [-0.4, -0.2) is 20.9 Å². The van der Waals surface area contributed by atoms with Gasteiger partial charge >= 0.3 is 0 Å². The Hall–Kier alpha value is -0.590. The molecule has 0 radical (unpaired) electrons. The average molecular weight is 255 g/mol. The maximum atomic E-state index is 4.94. The number of aromatic amines is 2. The monoisotopic (exact) mass is 255 g/mol. The van der Waals surface area contributed by atoms with Crippen LogP contribution >= 0.6 is 35.3 Å². The quantitative estimate of drug-likeness (QED) is 0.770. The molecule has 1 aliphatic heterocycles. The highest BCUT2D eigenvalue weighted by molar-refractivity contribution is 7.98. The highest BCUT2D eigenvalue weighted by atomic mass is 32.2. The summed E-state index contributed by atoms with van der Waals surface area (Å²) in [4.78, 5) is 6.93. The molecule has 0 saturated heterocycles. The third-order valence-electron chi connectivity index (χ3n) is 2.36. The minimum Gasteiger partial charge on any atom is -0.281 e. The van der Waals surface area contributed by atoms with E-state index in [4.69, 9.17) is 12.2 Å². The van der Waals surface area contributed by atoms with Crippen molar-refractivity contribution in [3.8, 4) is 10.7 Å². The van der Waals surface area contributed by atoms with Crippen molar-refractivity contribution in [1.29, 1.82) is 0 Å². The zero-order chi connectivity index (χ0) is 10.3.